The third kappa shape index (κ3) is 8.78. The quantitative estimate of drug-likeness (QED) is 0.377. The topological polar surface area (TPSA) is 59.1 Å². The largest absolute Gasteiger partial charge is 0.416 e. The average molecular weight is 668 g/mol. The summed E-state index contributed by atoms with van der Waals surface area (Å²) in [6, 6.07) is 10.5. The monoisotopic (exact) mass is 667 g/mol. The Labute approximate surface area is 271 Å². The highest BCUT2D eigenvalue weighted by Crippen LogP contribution is 2.37. The lowest BCUT2D eigenvalue weighted by Crippen LogP contribution is -2.60. The summed E-state index contributed by atoms with van der Waals surface area (Å²) in [7, 11) is 0. The molecule has 0 aliphatic carbocycles. The van der Waals surface area contributed by atoms with Gasteiger partial charge in [0.05, 0.1) is 11.1 Å². The van der Waals surface area contributed by atoms with Crippen LogP contribution in [-0.2, 0) is 18.8 Å². The van der Waals surface area contributed by atoms with Gasteiger partial charge in [-0.15, -0.1) is 0 Å². The van der Waals surface area contributed by atoms with Gasteiger partial charge in [-0.3, -0.25) is 14.6 Å². The summed E-state index contributed by atoms with van der Waals surface area (Å²) in [4.78, 5) is 34.5. The first-order valence-electron chi connectivity index (χ1n) is 16.4. The highest BCUT2D eigenvalue weighted by Gasteiger charge is 2.40. The number of carbonyl (C=O) groups is 2. The maximum atomic E-state index is 13.7. The number of alkyl halides is 6. The van der Waals surface area contributed by atoms with Crippen LogP contribution in [-0.4, -0.2) is 102 Å². The maximum absolute atomic E-state index is 13.7. The molecule has 13 heteroatoms. The van der Waals surface area contributed by atoms with E-state index in [0.29, 0.717) is 37.9 Å². The number of rotatable bonds is 6. The lowest BCUT2D eigenvalue weighted by atomic mass is 9.90. The van der Waals surface area contributed by atoms with Gasteiger partial charge in [0.15, 0.2) is 0 Å². The zero-order valence-electron chi connectivity index (χ0n) is 26.8. The number of urea groups is 1. The van der Waals surface area contributed by atoms with Crippen LogP contribution in [0.2, 0.25) is 0 Å². The first-order valence-corrected chi connectivity index (χ1v) is 16.4. The van der Waals surface area contributed by atoms with E-state index < -0.39 is 41.0 Å². The van der Waals surface area contributed by atoms with Gasteiger partial charge < -0.3 is 15.1 Å². The van der Waals surface area contributed by atoms with Crippen LogP contribution in [0.1, 0.15) is 66.6 Å². The van der Waals surface area contributed by atoms with Crippen molar-refractivity contribution in [3.63, 3.8) is 0 Å². The zero-order chi connectivity index (χ0) is 33.9. The molecular formula is C34H43F6N5O2. The molecule has 1 N–H and O–H groups in total. The molecule has 3 saturated heterocycles. The van der Waals surface area contributed by atoms with Crippen LogP contribution in [0.5, 0.6) is 0 Å². The minimum atomic E-state index is -5.04. The van der Waals surface area contributed by atoms with Crippen molar-refractivity contribution in [3.8, 4) is 0 Å². The van der Waals surface area contributed by atoms with Crippen LogP contribution < -0.4 is 5.32 Å². The van der Waals surface area contributed by atoms with Gasteiger partial charge in [0, 0.05) is 75.5 Å². The fourth-order valence-electron chi connectivity index (χ4n) is 7.20. The van der Waals surface area contributed by atoms with Crippen molar-refractivity contribution in [1.82, 2.24) is 24.9 Å². The smallest absolute Gasteiger partial charge is 0.336 e. The van der Waals surface area contributed by atoms with Gasteiger partial charge in [-0.1, -0.05) is 30.3 Å². The fourth-order valence-corrected chi connectivity index (χ4v) is 7.20. The van der Waals surface area contributed by atoms with Crippen molar-refractivity contribution >= 4 is 11.9 Å². The first-order chi connectivity index (χ1) is 22.2. The summed E-state index contributed by atoms with van der Waals surface area (Å²) < 4.78 is 81.5. The third-order valence-corrected chi connectivity index (χ3v) is 9.58. The number of amides is 3. The number of nitrogens with zero attached hydrogens (tertiary/aromatic N) is 4. The van der Waals surface area contributed by atoms with Gasteiger partial charge in [0.2, 0.25) is 0 Å². The van der Waals surface area contributed by atoms with Crippen molar-refractivity contribution in [2.75, 3.05) is 45.8 Å². The van der Waals surface area contributed by atoms with E-state index >= 15 is 0 Å². The number of carbonyl (C=O) groups excluding carboxylic acids is 2. The van der Waals surface area contributed by atoms with Gasteiger partial charge in [0.1, 0.15) is 0 Å². The van der Waals surface area contributed by atoms with Crippen molar-refractivity contribution in [2.24, 2.45) is 0 Å². The number of benzene rings is 2. The van der Waals surface area contributed by atoms with Crippen LogP contribution in [0.3, 0.4) is 0 Å². The van der Waals surface area contributed by atoms with E-state index in [2.05, 4.69) is 15.1 Å². The Morgan fingerprint density at radius 2 is 1.40 bits per heavy atom. The van der Waals surface area contributed by atoms with Gasteiger partial charge in [-0.05, 0) is 69.7 Å². The van der Waals surface area contributed by atoms with Crippen molar-refractivity contribution in [2.45, 2.75) is 82.5 Å². The normalized spacial score (nSPS) is 23.6. The number of hydrogen-bond donors (Lipinski definition) is 1. The standard InChI is InChI=1S/C34H43F6N5O2/c1-23(2)41-32(47)44-11-6-9-29(22-44)43-15-13-42(14-16-43)28-10-12-45(30(21-28)17-24-7-4-3-5-8-24)31(46)25-18-26(33(35,36)37)20-27(19-25)34(38,39)40/h3-5,7-8,18-20,23,28-30H,6,9-17,21-22H2,1-2H3,(H,41,47). The molecule has 2 aromatic carbocycles. The van der Waals surface area contributed by atoms with E-state index in [-0.39, 0.29) is 36.8 Å². The molecular weight excluding hydrogens is 624 g/mol. The molecule has 0 radical (unpaired) electrons. The van der Waals surface area contributed by atoms with Crippen molar-refractivity contribution in [3.05, 3.63) is 70.8 Å². The minimum absolute atomic E-state index is 0.0335. The van der Waals surface area contributed by atoms with Crippen LogP contribution in [0, 0.1) is 0 Å². The molecule has 3 fully saturated rings. The minimum Gasteiger partial charge on any atom is -0.336 e. The summed E-state index contributed by atoms with van der Waals surface area (Å²) in [6.07, 6.45) is -6.55. The van der Waals surface area contributed by atoms with E-state index in [0.717, 1.165) is 51.1 Å². The molecule has 7 nitrogen and oxygen atoms in total. The van der Waals surface area contributed by atoms with Crippen LogP contribution in [0.25, 0.3) is 0 Å². The lowest BCUT2D eigenvalue weighted by Gasteiger charge is -2.48. The van der Waals surface area contributed by atoms with Crippen LogP contribution in [0.15, 0.2) is 48.5 Å². The Morgan fingerprint density at radius 3 is 1.98 bits per heavy atom. The Morgan fingerprint density at radius 1 is 0.809 bits per heavy atom. The number of nitrogens with one attached hydrogen (secondary N) is 1. The lowest BCUT2D eigenvalue weighted by molar-refractivity contribution is -0.143. The summed E-state index contributed by atoms with van der Waals surface area (Å²) in [5, 5.41) is 2.98. The molecule has 2 aromatic rings. The van der Waals surface area contributed by atoms with E-state index in [1.165, 1.54) is 4.90 Å². The van der Waals surface area contributed by atoms with E-state index in [4.69, 9.17) is 0 Å². The molecule has 0 bridgehead atoms. The summed E-state index contributed by atoms with van der Waals surface area (Å²) in [5.74, 6) is -0.825. The van der Waals surface area contributed by atoms with Crippen LogP contribution in [0.4, 0.5) is 31.1 Å². The van der Waals surface area contributed by atoms with Crippen molar-refractivity contribution in [1.29, 1.82) is 0 Å². The van der Waals surface area contributed by atoms with E-state index in [1.807, 2.05) is 49.1 Å². The average Bonchev–Trinajstić information content (AvgIpc) is 3.04. The number of piperidine rings is 2. The van der Waals surface area contributed by atoms with Crippen LogP contribution >= 0.6 is 0 Å². The molecule has 3 atom stereocenters. The molecule has 5 rings (SSSR count). The third-order valence-electron chi connectivity index (χ3n) is 9.58. The highest BCUT2D eigenvalue weighted by atomic mass is 19.4. The number of likely N-dealkylation sites (tertiary alicyclic amines) is 2. The van der Waals surface area contributed by atoms with Gasteiger partial charge >= 0.3 is 18.4 Å². The molecule has 3 aliphatic heterocycles. The van der Waals surface area contributed by atoms with E-state index in [9.17, 15) is 35.9 Å². The Hall–Kier alpha value is -3.32. The summed E-state index contributed by atoms with van der Waals surface area (Å²) in [5.41, 5.74) is -2.67. The molecule has 3 unspecified atom stereocenters. The predicted molar refractivity (Wildman–Crippen MR) is 166 cm³/mol. The molecule has 258 valence electrons. The number of hydrogen-bond acceptors (Lipinski definition) is 4. The van der Waals surface area contributed by atoms with Gasteiger partial charge in [-0.25, -0.2) is 4.79 Å². The van der Waals surface area contributed by atoms with Gasteiger partial charge in [0.25, 0.3) is 5.91 Å². The molecule has 3 heterocycles. The second-order valence-corrected chi connectivity index (χ2v) is 13.2. The fraction of sp³-hybridized carbons (Fsp3) is 0.588. The predicted octanol–water partition coefficient (Wildman–Crippen LogP) is 6.14. The molecule has 3 aliphatic rings. The molecule has 0 aromatic heterocycles. The summed E-state index contributed by atoms with van der Waals surface area (Å²) in [6.45, 7) is 8.80. The second kappa shape index (κ2) is 14.4. The molecule has 47 heavy (non-hydrogen) atoms. The Bertz CT molecular complexity index is 1350. The Balaban J connectivity index is 1.28. The SMILES string of the molecule is CC(C)NC(=O)N1CCCC(N2CCN(C3CCN(C(=O)c4cc(C(F)(F)F)cc(C(F)(F)F)c4)C(Cc4ccccc4)C3)CC2)C1. The first kappa shape index (κ1) is 35.0. The molecule has 0 saturated carbocycles. The second-order valence-electron chi connectivity index (χ2n) is 13.2. The zero-order valence-corrected chi connectivity index (χ0v) is 26.8. The highest BCUT2D eigenvalue weighted by molar-refractivity contribution is 5.95. The summed E-state index contributed by atoms with van der Waals surface area (Å²) >= 11 is 0. The van der Waals surface area contributed by atoms with E-state index in [1.54, 1.807) is 0 Å². The number of halogens is 6. The number of piperazine rings is 1. The Kier molecular flexibility index (Phi) is 10.7. The molecule has 0 spiro atoms. The van der Waals surface area contributed by atoms with Crippen molar-refractivity contribution < 1.29 is 35.9 Å². The molecule has 3 amide bonds. The maximum Gasteiger partial charge on any atom is 0.416 e. The van der Waals surface area contributed by atoms with Gasteiger partial charge in [-0.2, -0.15) is 26.3 Å².